The molecule has 0 aliphatic heterocycles. The number of aromatic nitrogens is 1. The molecule has 0 amide bonds. The molecule has 0 aromatic carbocycles. The number of nitrogens with zero attached hydrogens (tertiary/aromatic N) is 2. The molecule has 1 heterocycles. The highest BCUT2D eigenvalue weighted by molar-refractivity contribution is 7.89. The highest BCUT2D eigenvalue weighted by Gasteiger charge is 2.21. The van der Waals surface area contributed by atoms with Crippen LogP contribution in [0.3, 0.4) is 0 Å². The van der Waals surface area contributed by atoms with Gasteiger partial charge in [0.2, 0.25) is 10.0 Å². The molecule has 0 radical (unpaired) electrons. The summed E-state index contributed by atoms with van der Waals surface area (Å²) >= 11 is 11.4. The molecular formula is C11H14Cl2N2O2S. The number of rotatable bonds is 6. The Morgan fingerprint density at radius 1 is 1.50 bits per heavy atom. The minimum atomic E-state index is -3.57. The molecule has 7 heteroatoms. The molecule has 0 N–H and O–H groups in total. The maximum atomic E-state index is 12.1. The smallest absolute Gasteiger partial charge is 0.242 e. The van der Waals surface area contributed by atoms with Crippen LogP contribution in [-0.4, -0.2) is 31.3 Å². The first-order valence-corrected chi connectivity index (χ1v) is 7.47. The Labute approximate surface area is 117 Å². The van der Waals surface area contributed by atoms with Gasteiger partial charge < -0.3 is 0 Å². The molecule has 0 unspecified atom stereocenters. The lowest BCUT2D eigenvalue weighted by molar-refractivity contribution is 0.462. The van der Waals surface area contributed by atoms with E-state index in [2.05, 4.69) is 11.6 Å². The van der Waals surface area contributed by atoms with Gasteiger partial charge in [-0.2, -0.15) is 0 Å². The molecule has 1 aromatic rings. The van der Waals surface area contributed by atoms with Crippen LogP contribution in [0.15, 0.2) is 29.8 Å². The summed E-state index contributed by atoms with van der Waals surface area (Å²) in [5.74, 6) is 0. The number of allylic oxidation sites excluding steroid dienone is 1. The zero-order valence-corrected chi connectivity index (χ0v) is 12.3. The molecule has 0 fully saturated rings. The summed E-state index contributed by atoms with van der Waals surface area (Å²) in [6.45, 7) is 4.00. The number of sulfonamides is 1. The summed E-state index contributed by atoms with van der Waals surface area (Å²) < 4.78 is 25.6. The van der Waals surface area contributed by atoms with Crippen molar-refractivity contribution in [1.29, 1.82) is 0 Å². The van der Waals surface area contributed by atoms with Crippen molar-refractivity contribution in [2.24, 2.45) is 0 Å². The monoisotopic (exact) mass is 308 g/mol. The van der Waals surface area contributed by atoms with Crippen LogP contribution in [0.5, 0.6) is 0 Å². The van der Waals surface area contributed by atoms with Gasteiger partial charge in [-0.05, 0) is 18.9 Å². The second kappa shape index (κ2) is 6.52. The minimum Gasteiger partial charge on any atom is -0.242 e. The predicted molar refractivity (Wildman–Crippen MR) is 73.5 cm³/mol. The molecule has 0 spiro atoms. The van der Waals surface area contributed by atoms with E-state index < -0.39 is 10.0 Å². The second-order valence-corrected chi connectivity index (χ2v) is 6.51. The molecule has 0 bridgehead atoms. The molecule has 0 saturated heterocycles. The van der Waals surface area contributed by atoms with Gasteiger partial charge in [0, 0.05) is 19.8 Å². The number of halogens is 2. The predicted octanol–water partition coefficient (Wildman–Crippen LogP) is 2.98. The molecule has 18 heavy (non-hydrogen) atoms. The lowest BCUT2D eigenvalue weighted by Crippen LogP contribution is -2.28. The molecule has 100 valence electrons. The Hall–Kier alpha value is -0.620. The van der Waals surface area contributed by atoms with E-state index in [-0.39, 0.29) is 15.1 Å². The van der Waals surface area contributed by atoms with E-state index in [1.807, 2.05) is 0 Å². The maximum absolute atomic E-state index is 12.1. The molecular weight excluding hydrogens is 295 g/mol. The Morgan fingerprint density at radius 3 is 2.72 bits per heavy atom. The fourth-order valence-electron chi connectivity index (χ4n) is 1.30. The first-order valence-electron chi connectivity index (χ1n) is 5.28. The third-order valence-corrected chi connectivity index (χ3v) is 4.87. The van der Waals surface area contributed by atoms with Crippen molar-refractivity contribution >= 4 is 33.2 Å². The van der Waals surface area contributed by atoms with Crippen LogP contribution < -0.4 is 0 Å². The van der Waals surface area contributed by atoms with Crippen molar-refractivity contribution in [2.75, 3.05) is 13.6 Å². The molecule has 0 aliphatic carbocycles. The van der Waals surface area contributed by atoms with E-state index in [0.717, 1.165) is 6.42 Å². The summed E-state index contributed by atoms with van der Waals surface area (Å²) in [5, 5.41) is 0.210. The highest BCUT2D eigenvalue weighted by atomic mass is 35.5. The van der Waals surface area contributed by atoms with Crippen molar-refractivity contribution < 1.29 is 8.42 Å². The van der Waals surface area contributed by atoms with Gasteiger partial charge in [-0.25, -0.2) is 17.7 Å². The van der Waals surface area contributed by atoms with Gasteiger partial charge in [-0.1, -0.05) is 29.3 Å². The van der Waals surface area contributed by atoms with Gasteiger partial charge in [0.05, 0.1) is 5.02 Å². The largest absolute Gasteiger partial charge is 0.244 e. The van der Waals surface area contributed by atoms with E-state index in [1.165, 1.54) is 23.6 Å². The van der Waals surface area contributed by atoms with Crippen LogP contribution in [0.4, 0.5) is 0 Å². The fourth-order valence-corrected chi connectivity index (χ4v) is 2.82. The van der Waals surface area contributed by atoms with Gasteiger partial charge in [-0.15, -0.1) is 6.58 Å². The topological polar surface area (TPSA) is 50.3 Å². The molecule has 4 nitrogen and oxygen atoms in total. The van der Waals surface area contributed by atoms with Crippen molar-refractivity contribution in [3.63, 3.8) is 0 Å². The van der Waals surface area contributed by atoms with Crippen molar-refractivity contribution in [1.82, 2.24) is 9.29 Å². The SMILES string of the molecule is C=CCCCN(C)S(=O)(=O)c1cnc(Cl)c(Cl)c1. The van der Waals surface area contributed by atoms with Crippen molar-refractivity contribution in [2.45, 2.75) is 17.7 Å². The highest BCUT2D eigenvalue weighted by Crippen LogP contribution is 2.23. The summed E-state index contributed by atoms with van der Waals surface area (Å²) in [4.78, 5) is 3.78. The third-order valence-electron chi connectivity index (χ3n) is 2.36. The van der Waals surface area contributed by atoms with Crippen LogP contribution in [0.1, 0.15) is 12.8 Å². The Bertz CT molecular complexity index is 532. The van der Waals surface area contributed by atoms with E-state index in [1.54, 1.807) is 6.08 Å². The minimum absolute atomic E-state index is 0.0398. The molecule has 1 aromatic heterocycles. The number of pyridine rings is 1. The Morgan fingerprint density at radius 2 is 2.17 bits per heavy atom. The maximum Gasteiger partial charge on any atom is 0.244 e. The normalized spacial score (nSPS) is 11.8. The van der Waals surface area contributed by atoms with E-state index in [0.29, 0.717) is 13.0 Å². The summed E-state index contributed by atoms with van der Waals surface area (Å²) in [6.07, 6.45) is 4.43. The van der Waals surface area contributed by atoms with Crippen molar-refractivity contribution in [3.8, 4) is 0 Å². The first-order chi connectivity index (χ1) is 8.39. The zero-order chi connectivity index (χ0) is 13.8. The van der Waals surface area contributed by atoms with Gasteiger partial charge in [0.15, 0.2) is 0 Å². The van der Waals surface area contributed by atoms with E-state index >= 15 is 0 Å². The average molecular weight is 309 g/mol. The number of unbranched alkanes of at least 4 members (excludes halogenated alkanes) is 1. The molecule has 0 saturated carbocycles. The van der Waals surface area contributed by atoms with Crippen LogP contribution in [0.25, 0.3) is 0 Å². The number of hydrogen-bond donors (Lipinski definition) is 0. The second-order valence-electron chi connectivity index (χ2n) is 3.70. The van der Waals surface area contributed by atoms with Gasteiger partial charge in [-0.3, -0.25) is 0 Å². The standard InChI is InChI=1S/C11H14Cl2N2O2S/c1-3-4-5-6-15(2)18(16,17)9-7-10(12)11(13)14-8-9/h3,7-8H,1,4-6H2,2H3. The van der Waals surface area contributed by atoms with Gasteiger partial charge in [0.25, 0.3) is 0 Å². The first kappa shape index (κ1) is 15.4. The molecule has 0 atom stereocenters. The Balaban J connectivity index is 2.91. The van der Waals surface area contributed by atoms with E-state index in [4.69, 9.17) is 23.2 Å². The quantitative estimate of drug-likeness (QED) is 0.461. The summed E-state index contributed by atoms with van der Waals surface area (Å²) in [5.41, 5.74) is 0. The Kier molecular flexibility index (Phi) is 5.59. The van der Waals surface area contributed by atoms with Crippen LogP contribution >= 0.6 is 23.2 Å². The number of hydrogen-bond acceptors (Lipinski definition) is 3. The van der Waals surface area contributed by atoms with Gasteiger partial charge in [0.1, 0.15) is 10.0 Å². The van der Waals surface area contributed by atoms with Crippen LogP contribution in [0, 0.1) is 0 Å². The lowest BCUT2D eigenvalue weighted by Gasteiger charge is -2.16. The molecule has 1 rings (SSSR count). The van der Waals surface area contributed by atoms with Crippen LogP contribution in [-0.2, 0) is 10.0 Å². The lowest BCUT2D eigenvalue weighted by atomic mass is 10.3. The fraction of sp³-hybridized carbons (Fsp3) is 0.364. The summed E-state index contributed by atoms with van der Waals surface area (Å²) in [7, 11) is -2.05. The third kappa shape index (κ3) is 3.68. The summed E-state index contributed by atoms with van der Waals surface area (Å²) in [6, 6.07) is 1.30. The van der Waals surface area contributed by atoms with Gasteiger partial charge >= 0.3 is 0 Å². The molecule has 0 aliphatic rings. The average Bonchev–Trinajstić information content (AvgIpc) is 2.32. The zero-order valence-electron chi connectivity index (χ0n) is 9.94. The van der Waals surface area contributed by atoms with E-state index in [9.17, 15) is 8.42 Å². The van der Waals surface area contributed by atoms with Crippen LogP contribution in [0.2, 0.25) is 10.2 Å². The van der Waals surface area contributed by atoms with Crippen molar-refractivity contribution in [3.05, 3.63) is 35.1 Å².